The van der Waals surface area contributed by atoms with Crippen LogP contribution in [0.15, 0.2) is 28.8 Å². The van der Waals surface area contributed by atoms with Crippen LogP contribution in [0, 0.1) is 6.92 Å². The lowest BCUT2D eigenvalue weighted by atomic mass is 9.87. The maximum atomic E-state index is 12.6. The predicted molar refractivity (Wildman–Crippen MR) is 87.9 cm³/mol. The van der Waals surface area contributed by atoms with Crippen LogP contribution in [0.5, 0.6) is 0 Å². The number of nitrogens with one attached hydrogen (secondary N) is 1. The molecule has 6 nitrogen and oxygen atoms in total. The Morgan fingerprint density at radius 2 is 2.08 bits per heavy atom. The summed E-state index contributed by atoms with van der Waals surface area (Å²) >= 11 is 0. The lowest BCUT2D eigenvalue weighted by Crippen LogP contribution is -2.49. The minimum atomic E-state index is -1.29. The van der Waals surface area contributed by atoms with Crippen molar-refractivity contribution >= 4 is 17.7 Å². The van der Waals surface area contributed by atoms with E-state index < -0.39 is 17.5 Å². The summed E-state index contributed by atoms with van der Waals surface area (Å²) < 4.78 is 10.4. The Labute approximate surface area is 140 Å². The molecule has 0 aliphatic carbocycles. The van der Waals surface area contributed by atoms with E-state index in [2.05, 4.69) is 24.3 Å². The quantitative estimate of drug-likeness (QED) is 0.875. The van der Waals surface area contributed by atoms with Crippen LogP contribution in [-0.2, 0) is 16.0 Å². The highest BCUT2D eigenvalue weighted by atomic mass is 16.6. The van der Waals surface area contributed by atoms with Gasteiger partial charge in [-0.15, -0.1) is 0 Å². The van der Waals surface area contributed by atoms with Gasteiger partial charge in [0.1, 0.15) is 5.76 Å². The van der Waals surface area contributed by atoms with Gasteiger partial charge in [-0.1, -0.05) is 31.1 Å². The number of amides is 1. The lowest BCUT2D eigenvalue weighted by Gasteiger charge is -2.33. The van der Waals surface area contributed by atoms with Crippen LogP contribution in [0.1, 0.15) is 53.9 Å². The Morgan fingerprint density at radius 1 is 1.33 bits per heavy atom. The molecule has 24 heavy (non-hydrogen) atoms. The van der Waals surface area contributed by atoms with Crippen LogP contribution in [0.3, 0.4) is 0 Å². The molecule has 0 bridgehead atoms. The molecule has 0 radical (unpaired) electrons. The first-order valence-electron chi connectivity index (χ1n) is 7.89. The van der Waals surface area contributed by atoms with Crippen LogP contribution >= 0.6 is 0 Å². The third-order valence-electron chi connectivity index (χ3n) is 4.21. The minimum Gasteiger partial charge on any atom is -0.445 e. The largest absolute Gasteiger partial charge is 0.445 e. The smallest absolute Gasteiger partial charge is 0.339 e. The summed E-state index contributed by atoms with van der Waals surface area (Å²) in [5.74, 6) is 0.316. The zero-order valence-corrected chi connectivity index (χ0v) is 14.2. The predicted octanol–water partition coefficient (Wildman–Crippen LogP) is 3.22. The second kappa shape index (κ2) is 5.78. The monoisotopic (exact) mass is 328 g/mol. The van der Waals surface area contributed by atoms with Gasteiger partial charge in [0, 0.05) is 12.5 Å². The molecular weight excluding hydrogens is 308 g/mol. The molecule has 1 N–H and O–H groups in total. The number of benzene rings is 1. The fraction of sp³-hybridized carbons (Fsp3) is 0.389. The van der Waals surface area contributed by atoms with E-state index in [1.54, 1.807) is 26.0 Å². The number of esters is 1. The van der Waals surface area contributed by atoms with Crippen LogP contribution in [0.2, 0.25) is 0 Å². The molecule has 1 amide bonds. The number of anilines is 1. The molecule has 1 aromatic carbocycles. The van der Waals surface area contributed by atoms with Crippen molar-refractivity contribution in [2.75, 3.05) is 5.32 Å². The fourth-order valence-electron chi connectivity index (χ4n) is 2.78. The Morgan fingerprint density at radius 3 is 2.71 bits per heavy atom. The number of hydrogen-bond acceptors (Lipinski definition) is 5. The molecule has 1 unspecified atom stereocenters. The molecule has 1 aliphatic rings. The second-order valence-electron chi connectivity index (χ2n) is 6.65. The highest BCUT2D eigenvalue weighted by Crippen LogP contribution is 2.31. The first-order valence-corrected chi connectivity index (χ1v) is 7.89. The SMILES string of the molecule is Cc1cc(NC(=O)C2(C)Cc3cc(C(C)C)ccc3C(=O)O2)no1. The number of aromatic nitrogens is 1. The summed E-state index contributed by atoms with van der Waals surface area (Å²) in [6, 6.07) is 7.28. The van der Waals surface area contributed by atoms with Crippen molar-refractivity contribution in [3.8, 4) is 0 Å². The molecule has 3 rings (SSSR count). The maximum Gasteiger partial charge on any atom is 0.339 e. The van der Waals surface area contributed by atoms with Crippen molar-refractivity contribution in [1.29, 1.82) is 0 Å². The summed E-state index contributed by atoms with van der Waals surface area (Å²) in [6.07, 6.45) is 0.317. The van der Waals surface area contributed by atoms with Gasteiger partial charge in [0.25, 0.3) is 5.91 Å². The maximum absolute atomic E-state index is 12.6. The van der Waals surface area contributed by atoms with E-state index in [-0.39, 0.29) is 0 Å². The van der Waals surface area contributed by atoms with Gasteiger partial charge < -0.3 is 14.6 Å². The molecule has 0 saturated heterocycles. The van der Waals surface area contributed by atoms with Crippen molar-refractivity contribution in [2.45, 2.75) is 45.6 Å². The number of cyclic esters (lactones) is 1. The van der Waals surface area contributed by atoms with Gasteiger partial charge in [0.2, 0.25) is 0 Å². The molecule has 0 saturated carbocycles. The van der Waals surface area contributed by atoms with E-state index in [0.717, 1.165) is 11.1 Å². The van der Waals surface area contributed by atoms with Gasteiger partial charge in [-0.3, -0.25) is 4.79 Å². The van der Waals surface area contributed by atoms with Crippen molar-refractivity contribution in [2.24, 2.45) is 0 Å². The van der Waals surface area contributed by atoms with Gasteiger partial charge in [-0.05, 0) is 37.0 Å². The normalized spacial score (nSPS) is 19.8. The second-order valence-corrected chi connectivity index (χ2v) is 6.65. The Balaban J connectivity index is 1.88. The Hall–Kier alpha value is -2.63. The molecule has 2 aromatic rings. The van der Waals surface area contributed by atoms with Crippen LogP contribution < -0.4 is 5.32 Å². The van der Waals surface area contributed by atoms with Gasteiger partial charge >= 0.3 is 5.97 Å². The third kappa shape index (κ3) is 2.91. The number of ether oxygens (including phenoxy) is 1. The molecule has 0 spiro atoms. The molecule has 0 fully saturated rings. The number of carbonyl (C=O) groups excluding carboxylic acids is 2. The van der Waals surface area contributed by atoms with Gasteiger partial charge in [-0.25, -0.2) is 4.79 Å². The zero-order valence-electron chi connectivity index (χ0n) is 14.2. The summed E-state index contributed by atoms with van der Waals surface area (Å²) in [4.78, 5) is 24.9. The van der Waals surface area contributed by atoms with E-state index in [9.17, 15) is 9.59 Å². The van der Waals surface area contributed by atoms with E-state index in [1.165, 1.54) is 0 Å². The topological polar surface area (TPSA) is 81.4 Å². The molecular formula is C18H20N2O4. The summed E-state index contributed by atoms with van der Waals surface area (Å²) in [5.41, 5.74) is 1.18. The highest BCUT2D eigenvalue weighted by molar-refractivity contribution is 6.02. The average Bonchev–Trinajstić information content (AvgIpc) is 2.91. The van der Waals surface area contributed by atoms with Crippen molar-refractivity contribution in [3.05, 3.63) is 46.7 Å². The third-order valence-corrected chi connectivity index (χ3v) is 4.21. The Bertz CT molecular complexity index is 809. The van der Waals surface area contributed by atoms with Crippen LogP contribution in [0.25, 0.3) is 0 Å². The van der Waals surface area contributed by atoms with Crippen LogP contribution in [0.4, 0.5) is 5.82 Å². The number of carbonyl (C=O) groups is 2. The number of rotatable bonds is 3. The van der Waals surface area contributed by atoms with E-state index in [0.29, 0.717) is 29.5 Å². The standard InChI is InChI=1S/C18H20N2O4/c1-10(2)12-5-6-14-13(8-12)9-18(4,23-16(14)21)17(22)19-15-7-11(3)24-20-15/h5-8,10H,9H2,1-4H3,(H,19,20,22). The van der Waals surface area contributed by atoms with Gasteiger partial charge in [0.15, 0.2) is 11.4 Å². The summed E-state index contributed by atoms with van der Waals surface area (Å²) in [5, 5.41) is 6.38. The number of aryl methyl sites for hydroxylation is 1. The van der Waals surface area contributed by atoms with Gasteiger partial charge in [0.05, 0.1) is 5.56 Å². The molecule has 1 aromatic heterocycles. The fourth-order valence-corrected chi connectivity index (χ4v) is 2.78. The zero-order chi connectivity index (χ0) is 17.5. The van der Waals surface area contributed by atoms with Crippen molar-refractivity contribution < 1.29 is 18.8 Å². The Kier molecular flexibility index (Phi) is 3.91. The first-order chi connectivity index (χ1) is 11.3. The van der Waals surface area contributed by atoms with E-state index >= 15 is 0 Å². The first kappa shape index (κ1) is 16.2. The van der Waals surface area contributed by atoms with E-state index in [4.69, 9.17) is 9.26 Å². The van der Waals surface area contributed by atoms with E-state index in [1.807, 2.05) is 12.1 Å². The average molecular weight is 328 g/mol. The summed E-state index contributed by atoms with van der Waals surface area (Å²) in [6.45, 7) is 7.51. The number of nitrogens with zero attached hydrogens (tertiary/aromatic N) is 1. The highest BCUT2D eigenvalue weighted by Gasteiger charge is 2.43. The van der Waals surface area contributed by atoms with Crippen molar-refractivity contribution in [3.63, 3.8) is 0 Å². The van der Waals surface area contributed by atoms with Crippen LogP contribution in [-0.4, -0.2) is 22.6 Å². The lowest BCUT2D eigenvalue weighted by molar-refractivity contribution is -0.134. The summed E-state index contributed by atoms with van der Waals surface area (Å²) in [7, 11) is 0. The van der Waals surface area contributed by atoms with Gasteiger partial charge in [-0.2, -0.15) is 0 Å². The molecule has 126 valence electrons. The minimum absolute atomic E-state index is 0.302. The molecule has 2 heterocycles. The molecule has 6 heteroatoms. The molecule has 1 atom stereocenters. The number of hydrogen-bond donors (Lipinski definition) is 1. The molecule has 1 aliphatic heterocycles. The number of fused-ring (bicyclic) bond motifs is 1. The van der Waals surface area contributed by atoms with Crippen molar-refractivity contribution in [1.82, 2.24) is 5.16 Å².